The topological polar surface area (TPSA) is 93.1 Å². The van der Waals surface area contributed by atoms with Crippen LogP contribution in [0.1, 0.15) is 23.0 Å². The molecule has 0 bridgehead atoms. The molecule has 0 spiro atoms. The highest BCUT2D eigenvalue weighted by Gasteiger charge is 2.22. The minimum atomic E-state index is -3.65. The van der Waals surface area contributed by atoms with E-state index in [-0.39, 0.29) is 16.8 Å². The fourth-order valence-corrected chi connectivity index (χ4v) is 4.42. The second-order valence-corrected chi connectivity index (χ2v) is 7.34. The van der Waals surface area contributed by atoms with Gasteiger partial charge in [0.2, 0.25) is 10.0 Å². The van der Waals surface area contributed by atoms with Gasteiger partial charge in [-0.3, -0.25) is 4.79 Å². The van der Waals surface area contributed by atoms with Crippen LogP contribution in [0.25, 0.3) is 0 Å². The number of carbonyl (C=O) groups excluding carboxylic acids is 1. The van der Waals surface area contributed by atoms with Crippen LogP contribution < -0.4 is 10.0 Å². The number of rotatable bonds is 7. The fourth-order valence-electron chi connectivity index (χ4n) is 1.89. The van der Waals surface area contributed by atoms with Crippen LogP contribution in [-0.2, 0) is 16.6 Å². The molecule has 0 aliphatic heterocycles. The molecule has 7 nitrogen and oxygen atoms in total. The summed E-state index contributed by atoms with van der Waals surface area (Å²) in [6.07, 6.45) is 5.72. The zero-order valence-electron chi connectivity index (χ0n) is 12.3. The van der Waals surface area contributed by atoms with Gasteiger partial charge in [0, 0.05) is 37.4 Å². The largest absolute Gasteiger partial charge is 0.354 e. The Morgan fingerprint density at radius 1 is 1.50 bits per heavy atom. The highest BCUT2D eigenvalue weighted by Crippen LogP contribution is 2.19. The molecule has 0 radical (unpaired) electrons. The van der Waals surface area contributed by atoms with E-state index in [0.29, 0.717) is 17.8 Å². The van der Waals surface area contributed by atoms with Gasteiger partial charge in [-0.15, -0.1) is 11.3 Å². The lowest BCUT2D eigenvalue weighted by Gasteiger charge is -2.17. The SMILES string of the molecule is CC[C@@H](Cn1ccnc1)NS(=O)(=O)c1csc(C(=O)NC)c1. The van der Waals surface area contributed by atoms with E-state index in [0.717, 1.165) is 11.3 Å². The Morgan fingerprint density at radius 3 is 2.86 bits per heavy atom. The molecule has 0 unspecified atom stereocenters. The fraction of sp³-hybridized carbons (Fsp3) is 0.385. The Kier molecular flexibility index (Phi) is 5.33. The van der Waals surface area contributed by atoms with Crippen molar-refractivity contribution in [3.05, 3.63) is 35.0 Å². The number of sulfonamides is 1. The van der Waals surface area contributed by atoms with Crippen LogP contribution in [0.3, 0.4) is 0 Å². The van der Waals surface area contributed by atoms with Crippen molar-refractivity contribution < 1.29 is 13.2 Å². The number of amides is 1. The summed E-state index contributed by atoms with van der Waals surface area (Å²) in [6.45, 7) is 2.41. The molecule has 0 saturated heterocycles. The van der Waals surface area contributed by atoms with Gasteiger partial charge in [-0.1, -0.05) is 6.92 Å². The third kappa shape index (κ3) is 3.93. The highest BCUT2D eigenvalue weighted by atomic mass is 32.2. The van der Waals surface area contributed by atoms with Crippen LogP contribution in [0.5, 0.6) is 0 Å². The van der Waals surface area contributed by atoms with Crippen molar-refractivity contribution in [2.45, 2.75) is 30.8 Å². The smallest absolute Gasteiger partial charge is 0.261 e. The second kappa shape index (κ2) is 7.03. The maximum Gasteiger partial charge on any atom is 0.261 e. The molecule has 2 aromatic heterocycles. The molecular formula is C13H18N4O3S2. The van der Waals surface area contributed by atoms with Crippen molar-refractivity contribution in [3.63, 3.8) is 0 Å². The summed E-state index contributed by atoms with van der Waals surface area (Å²) in [7, 11) is -2.14. The number of imidazole rings is 1. The first-order chi connectivity index (χ1) is 10.5. The average molecular weight is 342 g/mol. The van der Waals surface area contributed by atoms with Crippen LogP contribution in [0.15, 0.2) is 35.1 Å². The quantitative estimate of drug-likeness (QED) is 0.787. The maximum absolute atomic E-state index is 12.4. The summed E-state index contributed by atoms with van der Waals surface area (Å²) in [5.74, 6) is -0.295. The number of hydrogen-bond acceptors (Lipinski definition) is 5. The van der Waals surface area contributed by atoms with Crippen LogP contribution in [0, 0.1) is 0 Å². The van der Waals surface area contributed by atoms with Crippen molar-refractivity contribution in [3.8, 4) is 0 Å². The molecule has 0 aliphatic rings. The molecular weight excluding hydrogens is 324 g/mol. The van der Waals surface area contributed by atoms with Crippen molar-refractivity contribution in [1.82, 2.24) is 19.6 Å². The first-order valence-corrected chi connectivity index (χ1v) is 9.11. The van der Waals surface area contributed by atoms with Crippen molar-refractivity contribution in [2.24, 2.45) is 0 Å². The molecule has 2 N–H and O–H groups in total. The van der Waals surface area contributed by atoms with E-state index < -0.39 is 10.0 Å². The van der Waals surface area contributed by atoms with E-state index in [1.54, 1.807) is 18.7 Å². The van der Waals surface area contributed by atoms with E-state index in [4.69, 9.17) is 0 Å². The van der Waals surface area contributed by atoms with Gasteiger partial charge in [-0.25, -0.2) is 18.1 Å². The number of nitrogens with zero attached hydrogens (tertiary/aromatic N) is 2. The van der Waals surface area contributed by atoms with E-state index in [1.165, 1.54) is 18.5 Å². The normalized spacial score (nSPS) is 13.0. The van der Waals surface area contributed by atoms with E-state index in [2.05, 4.69) is 15.0 Å². The summed E-state index contributed by atoms with van der Waals surface area (Å²) in [4.78, 5) is 15.9. The molecule has 22 heavy (non-hydrogen) atoms. The Balaban J connectivity index is 2.12. The Bertz CT molecular complexity index is 722. The highest BCUT2D eigenvalue weighted by molar-refractivity contribution is 7.89. The molecule has 1 atom stereocenters. The third-order valence-corrected chi connectivity index (χ3v) is 5.72. The van der Waals surface area contributed by atoms with Crippen molar-refractivity contribution in [2.75, 3.05) is 7.05 Å². The number of nitrogens with one attached hydrogen (secondary N) is 2. The monoisotopic (exact) mass is 342 g/mol. The number of aromatic nitrogens is 2. The molecule has 0 aromatic carbocycles. The van der Waals surface area contributed by atoms with Crippen molar-refractivity contribution >= 4 is 27.3 Å². The summed E-state index contributed by atoms with van der Waals surface area (Å²) in [6, 6.07) is 1.14. The van der Waals surface area contributed by atoms with Crippen LogP contribution >= 0.6 is 11.3 Å². The van der Waals surface area contributed by atoms with Crippen LogP contribution in [0.2, 0.25) is 0 Å². The lowest BCUT2D eigenvalue weighted by molar-refractivity contribution is 0.0967. The van der Waals surface area contributed by atoms with Gasteiger partial charge in [0.05, 0.1) is 16.1 Å². The van der Waals surface area contributed by atoms with E-state index in [1.807, 2.05) is 11.5 Å². The van der Waals surface area contributed by atoms with Crippen molar-refractivity contribution in [1.29, 1.82) is 0 Å². The Labute approximate surface area is 133 Å². The zero-order valence-corrected chi connectivity index (χ0v) is 13.9. The van der Waals surface area contributed by atoms with Crippen LogP contribution in [-0.4, -0.2) is 37.0 Å². The van der Waals surface area contributed by atoms with Gasteiger partial charge in [0.1, 0.15) is 0 Å². The lowest BCUT2D eigenvalue weighted by atomic mass is 10.2. The van der Waals surface area contributed by atoms with Gasteiger partial charge in [0.25, 0.3) is 5.91 Å². The van der Waals surface area contributed by atoms with Crippen LogP contribution in [0.4, 0.5) is 0 Å². The number of thiophene rings is 1. The van der Waals surface area contributed by atoms with Gasteiger partial charge in [0.15, 0.2) is 0 Å². The van der Waals surface area contributed by atoms with Gasteiger partial charge in [-0.05, 0) is 12.5 Å². The molecule has 0 fully saturated rings. The Morgan fingerprint density at radius 2 is 2.27 bits per heavy atom. The summed E-state index contributed by atoms with van der Waals surface area (Å²) in [5.41, 5.74) is 0. The molecule has 2 heterocycles. The predicted molar refractivity (Wildman–Crippen MR) is 84.3 cm³/mol. The maximum atomic E-state index is 12.4. The molecule has 1 amide bonds. The molecule has 2 rings (SSSR count). The second-order valence-electron chi connectivity index (χ2n) is 4.71. The number of hydrogen-bond donors (Lipinski definition) is 2. The predicted octanol–water partition coefficient (Wildman–Crippen LogP) is 1.06. The van der Waals surface area contributed by atoms with Gasteiger partial charge in [-0.2, -0.15) is 0 Å². The molecule has 120 valence electrons. The first kappa shape index (κ1) is 16.7. The summed E-state index contributed by atoms with van der Waals surface area (Å²) in [5, 5.41) is 3.94. The summed E-state index contributed by atoms with van der Waals surface area (Å²) < 4.78 is 29.3. The molecule has 2 aromatic rings. The molecule has 0 saturated carbocycles. The first-order valence-electron chi connectivity index (χ1n) is 6.75. The van der Waals surface area contributed by atoms with E-state index in [9.17, 15) is 13.2 Å². The van der Waals surface area contributed by atoms with E-state index >= 15 is 0 Å². The zero-order chi connectivity index (χ0) is 16.2. The minimum Gasteiger partial charge on any atom is -0.354 e. The van der Waals surface area contributed by atoms with Gasteiger partial charge >= 0.3 is 0 Å². The standard InChI is InChI=1S/C13H18N4O3S2/c1-3-10(7-17-5-4-15-9-17)16-22(19,20)11-6-12(21-8-11)13(18)14-2/h4-6,8-10,16H,3,7H2,1-2H3,(H,14,18)/t10-/m0/s1. The Hall–Kier alpha value is -1.71. The number of carbonyl (C=O) groups is 1. The minimum absolute atomic E-state index is 0.111. The molecule has 0 aliphatic carbocycles. The van der Waals surface area contributed by atoms with Gasteiger partial charge < -0.3 is 9.88 Å². The third-order valence-electron chi connectivity index (χ3n) is 3.14. The molecule has 9 heteroatoms. The summed E-state index contributed by atoms with van der Waals surface area (Å²) >= 11 is 1.10. The average Bonchev–Trinajstić information content (AvgIpc) is 3.16. The lowest BCUT2D eigenvalue weighted by Crippen LogP contribution is -2.37.